The number of carbonyl (C=O) groups excluding carboxylic acids is 1. The Morgan fingerprint density at radius 3 is 2.88 bits per heavy atom. The molecule has 1 amide bonds. The zero-order chi connectivity index (χ0) is 17.9. The van der Waals surface area contributed by atoms with E-state index in [1.165, 1.54) is 43.4 Å². The molecule has 2 aliphatic rings. The highest BCUT2D eigenvalue weighted by Gasteiger charge is 2.36. The molecule has 0 radical (unpaired) electrons. The number of pyridine rings is 1. The Morgan fingerprint density at radius 2 is 2.15 bits per heavy atom. The Bertz CT molecular complexity index is 785. The summed E-state index contributed by atoms with van der Waals surface area (Å²) in [6.45, 7) is 0.574. The van der Waals surface area contributed by atoms with Crippen LogP contribution < -0.4 is 5.32 Å². The lowest BCUT2D eigenvalue weighted by Crippen LogP contribution is -2.45. The topological polar surface area (TPSA) is 82.0 Å². The number of nitrogens with one attached hydrogen (secondary N) is 2. The van der Waals surface area contributed by atoms with Gasteiger partial charge in [0.05, 0.1) is 0 Å². The van der Waals surface area contributed by atoms with E-state index in [9.17, 15) is 4.79 Å². The van der Waals surface area contributed by atoms with Gasteiger partial charge in [0.25, 0.3) is 0 Å². The average Bonchev–Trinajstić information content (AvgIpc) is 3.29. The van der Waals surface area contributed by atoms with Crippen LogP contribution >= 0.6 is 11.3 Å². The molecule has 0 saturated heterocycles. The van der Waals surface area contributed by atoms with Gasteiger partial charge in [-0.1, -0.05) is 38.2 Å². The van der Waals surface area contributed by atoms with Gasteiger partial charge in [0.15, 0.2) is 5.13 Å². The molecule has 2 aromatic heterocycles. The van der Waals surface area contributed by atoms with E-state index >= 15 is 0 Å². The number of fused-ring (bicyclic) bond motifs is 1. The maximum atomic E-state index is 13.1. The van der Waals surface area contributed by atoms with E-state index in [-0.39, 0.29) is 11.9 Å². The van der Waals surface area contributed by atoms with Crippen LogP contribution in [0.4, 0.5) is 5.13 Å². The molecule has 6 nitrogen and oxygen atoms in total. The molecule has 0 aromatic carbocycles. The van der Waals surface area contributed by atoms with Crippen LogP contribution in [0, 0.1) is 11.3 Å². The fraction of sp³-hybridized carbons (Fsp3) is 0.474. The van der Waals surface area contributed by atoms with Crippen molar-refractivity contribution in [1.29, 1.82) is 5.41 Å². The summed E-state index contributed by atoms with van der Waals surface area (Å²) >= 11 is 1.42. The average molecular weight is 369 g/mol. The van der Waals surface area contributed by atoms with Gasteiger partial charge < -0.3 is 10.2 Å². The van der Waals surface area contributed by atoms with Crippen LogP contribution in [0.5, 0.6) is 0 Å². The zero-order valence-corrected chi connectivity index (χ0v) is 15.5. The van der Waals surface area contributed by atoms with E-state index in [1.807, 2.05) is 22.4 Å². The Morgan fingerprint density at radius 1 is 1.31 bits per heavy atom. The first-order chi connectivity index (χ1) is 12.7. The monoisotopic (exact) mass is 369 g/mol. The van der Waals surface area contributed by atoms with Gasteiger partial charge in [0.2, 0.25) is 5.91 Å². The molecule has 7 heteroatoms. The van der Waals surface area contributed by atoms with Gasteiger partial charge in [-0.25, -0.2) is 4.98 Å². The van der Waals surface area contributed by atoms with Crippen molar-refractivity contribution < 1.29 is 4.79 Å². The third-order valence-corrected chi connectivity index (χ3v) is 6.05. The van der Waals surface area contributed by atoms with Crippen LogP contribution in [-0.4, -0.2) is 32.7 Å². The van der Waals surface area contributed by atoms with Gasteiger partial charge in [-0.3, -0.25) is 15.2 Å². The van der Waals surface area contributed by atoms with Crippen LogP contribution in [-0.2, 0) is 11.3 Å². The van der Waals surface area contributed by atoms with Crippen LogP contribution in [0.2, 0.25) is 0 Å². The van der Waals surface area contributed by atoms with Crippen molar-refractivity contribution in [1.82, 2.24) is 14.9 Å². The van der Waals surface area contributed by atoms with Crippen LogP contribution in [0.25, 0.3) is 0 Å². The molecule has 136 valence electrons. The number of anilines is 1. The number of hydrogen-bond acceptors (Lipinski definition) is 5. The minimum absolute atomic E-state index is 0.0666. The number of amidine groups is 1. The van der Waals surface area contributed by atoms with Crippen molar-refractivity contribution in [2.24, 2.45) is 5.92 Å². The molecule has 1 aliphatic heterocycles. The molecule has 2 aromatic rings. The Balaban J connectivity index is 1.56. The molecule has 2 N–H and O–H groups in total. The minimum atomic E-state index is -0.358. The molecule has 1 saturated carbocycles. The highest BCUT2D eigenvalue weighted by atomic mass is 32.1. The SMILES string of the molecule is N=C1c2ncccc2CN1C(CC1CCCCC1)C(=O)Nc1nccs1. The van der Waals surface area contributed by atoms with Crippen molar-refractivity contribution >= 4 is 28.2 Å². The zero-order valence-electron chi connectivity index (χ0n) is 14.6. The van der Waals surface area contributed by atoms with Gasteiger partial charge in [-0.05, 0) is 18.4 Å². The fourth-order valence-corrected chi connectivity index (χ4v) is 4.56. The van der Waals surface area contributed by atoms with Gasteiger partial charge >= 0.3 is 0 Å². The first-order valence-electron chi connectivity index (χ1n) is 9.22. The van der Waals surface area contributed by atoms with Crippen LogP contribution in [0.3, 0.4) is 0 Å². The molecule has 1 fully saturated rings. The van der Waals surface area contributed by atoms with Gasteiger partial charge in [0.1, 0.15) is 17.6 Å². The molecular formula is C19H23N5OS. The number of thiazole rings is 1. The van der Waals surface area contributed by atoms with E-state index in [2.05, 4.69) is 15.3 Å². The Kier molecular flexibility index (Phi) is 4.97. The number of carbonyl (C=O) groups is 1. The maximum absolute atomic E-state index is 13.1. The molecule has 26 heavy (non-hydrogen) atoms. The quantitative estimate of drug-likeness (QED) is 0.843. The van der Waals surface area contributed by atoms with E-state index in [1.54, 1.807) is 12.4 Å². The predicted octanol–water partition coefficient (Wildman–Crippen LogP) is 3.66. The van der Waals surface area contributed by atoms with E-state index in [0.717, 1.165) is 12.0 Å². The summed E-state index contributed by atoms with van der Waals surface area (Å²) in [5.74, 6) is 0.832. The fourth-order valence-electron chi connectivity index (χ4n) is 4.03. The third kappa shape index (κ3) is 3.49. The molecule has 4 rings (SSSR count). The van der Waals surface area contributed by atoms with Crippen molar-refractivity contribution in [3.63, 3.8) is 0 Å². The second kappa shape index (κ2) is 7.53. The van der Waals surface area contributed by atoms with Crippen molar-refractivity contribution in [2.75, 3.05) is 5.32 Å². The first kappa shape index (κ1) is 17.1. The summed E-state index contributed by atoms with van der Waals surface area (Å²) in [6.07, 6.45) is 10.3. The second-order valence-electron chi connectivity index (χ2n) is 7.07. The normalized spacial score (nSPS) is 18.6. The van der Waals surface area contributed by atoms with Crippen molar-refractivity contribution in [3.05, 3.63) is 41.2 Å². The Labute approximate surface area is 157 Å². The lowest BCUT2D eigenvalue weighted by Gasteiger charge is -2.32. The highest BCUT2D eigenvalue weighted by Crippen LogP contribution is 2.32. The lowest BCUT2D eigenvalue weighted by molar-refractivity contribution is -0.120. The van der Waals surface area contributed by atoms with E-state index < -0.39 is 0 Å². The summed E-state index contributed by atoms with van der Waals surface area (Å²) in [6, 6.07) is 3.53. The first-order valence-corrected chi connectivity index (χ1v) is 10.1. The van der Waals surface area contributed by atoms with Gasteiger partial charge in [-0.15, -0.1) is 11.3 Å². The summed E-state index contributed by atoms with van der Waals surface area (Å²) in [5.41, 5.74) is 1.72. The molecule has 1 aliphatic carbocycles. The maximum Gasteiger partial charge on any atom is 0.248 e. The second-order valence-corrected chi connectivity index (χ2v) is 7.96. The summed E-state index contributed by atoms with van der Waals surface area (Å²) in [7, 11) is 0. The van der Waals surface area contributed by atoms with E-state index in [0.29, 0.717) is 29.1 Å². The van der Waals surface area contributed by atoms with Crippen molar-refractivity contribution in [2.45, 2.75) is 51.1 Å². The number of amides is 1. The number of hydrogen-bond donors (Lipinski definition) is 2. The standard InChI is InChI=1S/C19H23N5OS/c20-17-16-14(7-4-8-21-16)12-24(17)15(11-13-5-2-1-3-6-13)18(25)23-19-22-9-10-26-19/h4,7-10,13,15,20H,1-3,5-6,11-12H2,(H,22,23,25). The largest absolute Gasteiger partial charge is 0.339 e. The lowest BCUT2D eigenvalue weighted by atomic mass is 9.84. The Hall–Kier alpha value is -2.28. The summed E-state index contributed by atoms with van der Waals surface area (Å²) in [5, 5.41) is 14.0. The summed E-state index contributed by atoms with van der Waals surface area (Å²) in [4.78, 5) is 23.5. The van der Waals surface area contributed by atoms with Gasteiger partial charge in [0, 0.05) is 29.9 Å². The number of nitrogens with zero attached hydrogens (tertiary/aromatic N) is 3. The van der Waals surface area contributed by atoms with E-state index in [4.69, 9.17) is 5.41 Å². The third-order valence-electron chi connectivity index (χ3n) is 5.37. The smallest absolute Gasteiger partial charge is 0.248 e. The molecule has 1 unspecified atom stereocenters. The van der Waals surface area contributed by atoms with Crippen LogP contribution in [0.1, 0.15) is 49.8 Å². The number of rotatable bonds is 5. The minimum Gasteiger partial charge on any atom is -0.339 e. The predicted molar refractivity (Wildman–Crippen MR) is 102 cm³/mol. The molecule has 0 bridgehead atoms. The molecule has 1 atom stereocenters. The molecular weight excluding hydrogens is 346 g/mol. The molecule has 3 heterocycles. The summed E-state index contributed by atoms with van der Waals surface area (Å²) < 4.78 is 0. The van der Waals surface area contributed by atoms with Crippen molar-refractivity contribution in [3.8, 4) is 0 Å². The molecule has 0 spiro atoms. The number of aromatic nitrogens is 2. The van der Waals surface area contributed by atoms with Crippen LogP contribution in [0.15, 0.2) is 29.9 Å². The highest BCUT2D eigenvalue weighted by molar-refractivity contribution is 7.13. The van der Waals surface area contributed by atoms with Gasteiger partial charge in [-0.2, -0.15) is 0 Å².